The van der Waals surface area contributed by atoms with Crippen LogP contribution < -0.4 is 5.32 Å². The minimum absolute atomic E-state index is 0.0311. The third kappa shape index (κ3) is 2.62. The van der Waals surface area contributed by atoms with E-state index in [2.05, 4.69) is 21.2 Å². The molecule has 0 saturated heterocycles. The number of phenolic OH excluding ortho intramolecular Hbond substituents is 1. The number of nitrogens with one attached hydrogen (secondary N) is 1. The van der Waals surface area contributed by atoms with Gasteiger partial charge in [0, 0.05) is 15.5 Å². The van der Waals surface area contributed by atoms with Gasteiger partial charge in [0.25, 0.3) is 5.91 Å². The van der Waals surface area contributed by atoms with E-state index >= 15 is 0 Å². The van der Waals surface area contributed by atoms with Crippen LogP contribution in [0.2, 0.25) is 0 Å². The summed E-state index contributed by atoms with van der Waals surface area (Å²) in [5.41, 5.74) is 0.964. The molecule has 0 atom stereocenters. The molecule has 0 unspecified atom stereocenters. The number of amides is 1. The first-order valence-corrected chi connectivity index (χ1v) is 7.23. The summed E-state index contributed by atoms with van der Waals surface area (Å²) in [6.07, 6.45) is 0. The average Bonchev–Trinajstić information content (AvgIpc) is 2.51. The Morgan fingerprint density at radius 1 is 0.905 bits per heavy atom. The van der Waals surface area contributed by atoms with Crippen molar-refractivity contribution in [3.05, 3.63) is 70.7 Å². The molecule has 0 fully saturated rings. The van der Waals surface area contributed by atoms with E-state index in [1.807, 2.05) is 36.4 Å². The van der Waals surface area contributed by atoms with Crippen molar-refractivity contribution >= 4 is 38.3 Å². The highest BCUT2D eigenvalue weighted by molar-refractivity contribution is 9.10. The fourth-order valence-electron chi connectivity index (χ4n) is 2.23. The molecule has 1 amide bonds. The predicted molar refractivity (Wildman–Crippen MR) is 87.7 cm³/mol. The summed E-state index contributed by atoms with van der Waals surface area (Å²) in [5.74, 6) is -0.364. The number of halogens is 1. The lowest BCUT2D eigenvalue weighted by atomic mass is 10.1. The second-order valence-electron chi connectivity index (χ2n) is 4.61. The summed E-state index contributed by atoms with van der Waals surface area (Å²) in [6, 6.07) is 18.0. The van der Waals surface area contributed by atoms with Crippen molar-refractivity contribution in [2.75, 3.05) is 5.32 Å². The summed E-state index contributed by atoms with van der Waals surface area (Å²) in [4.78, 5) is 12.3. The Morgan fingerprint density at radius 3 is 2.33 bits per heavy atom. The Bertz CT molecular complexity index is 830. The maximum Gasteiger partial charge on any atom is 0.259 e. The lowest BCUT2D eigenvalue weighted by molar-refractivity contribution is 0.102. The molecule has 0 spiro atoms. The zero-order valence-electron chi connectivity index (χ0n) is 11.0. The topological polar surface area (TPSA) is 49.3 Å². The van der Waals surface area contributed by atoms with Gasteiger partial charge in [0.2, 0.25) is 0 Å². The molecule has 4 heteroatoms. The van der Waals surface area contributed by atoms with Crippen molar-refractivity contribution in [2.45, 2.75) is 0 Å². The quantitative estimate of drug-likeness (QED) is 0.717. The van der Waals surface area contributed by atoms with E-state index < -0.39 is 0 Å². The van der Waals surface area contributed by atoms with Crippen molar-refractivity contribution in [3.8, 4) is 5.75 Å². The van der Waals surface area contributed by atoms with Gasteiger partial charge < -0.3 is 10.4 Å². The summed E-state index contributed by atoms with van der Waals surface area (Å²) in [7, 11) is 0. The maximum absolute atomic E-state index is 12.3. The first-order valence-electron chi connectivity index (χ1n) is 6.43. The predicted octanol–water partition coefficient (Wildman–Crippen LogP) is 4.56. The summed E-state index contributed by atoms with van der Waals surface area (Å²) in [5, 5.41) is 14.6. The molecule has 3 aromatic carbocycles. The molecular formula is C17H12BrNO2. The highest BCUT2D eigenvalue weighted by atomic mass is 79.9. The van der Waals surface area contributed by atoms with Crippen molar-refractivity contribution in [1.29, 1.82) is 0 Å². The van der Waals surface area contributed by atoms with Crippen molar-refractivity contribution < 1.29 is 9.90 Å². The van der Waals surface area contributed by atoms with E-state index in [9.17, 15) is 9.90 Å². The number of hydrogen-bond acceptors (Lipinski definition) is 2. The van der Waals surface area contributed by atoms with Gasteiger partial charge in [-0.25, -0.2) is 0 Å². The molecule has 3 nitrogen and oxygen atoms in total. The average molecular weight is 342 g/mol. The fraction of sp³-hybridized carbons (Fsp3) is 0. The van der Waals surface area contributed by atoms with Crippen LogP contribution in [-0.2, 0) is 0 Å². The minimum Gasteiger partial charge on any atom is -0.507 e. The number of benzene rings is 3. The van der Waals surface area contributed by atoms with Gasteiger partial charge in [-0.1, -0.05) is 52.3 Å². The highest BCUT2D eigenvalue weighted by Crippen LogP contribution is 2.30. The van der Waals surface area contributed by atoms with Gasteiger partial charge in [-0.15, -0.1) is 0 Å². The zero-order chi connectivity index (χ0) is 14.8. The first kappa shape index (κ1) is 13.6. The fourth-order valence-corrected chi connectivity index (χ4v) is 2.70. The number of anilines is 1. The maximum atomic E-state index is 12.3. The van der Waals surface area contributed by atoms with E-state index in [-0.39, 0.29) is 17.2 Å². The number of carbonyl (C=O) groups is 1. The van der Waals surface area contributed by atoms with Crippen LogP contribution in [0.1, 0.15) is 10.4 Å². The van der Waals surface area contributed by atoms with Gasteiger partial charge in [-0.05, 0) is 29.7 Å². The van der Waals surface area contributed by atoms with Crippen molar-refractivity contribution in [2.24, 2.45) is 0 Å². The third-order valence-electron chi connectivity index (χ3n) is 3.27. The number of para-hydroxylation sites is 1. The summed E-state index contributed by atoms with van der Waals surface area (Å²) < 4.78 is 0.971. The van der Waals surface area contributed by atoms with E-state index in [1.54, 1.807) is 18.2 Å². The minimum atomic E-state index is -0.333. The molecule has 0 bridgehead atoms. The number of fused-ring (bicyclic) bond motifs is 1. The Morgan fingerprint density at radius 2 is 1.57 bits per heavy atom. The van der Waals surface area contributed by atoms with Crippen molar-refractivity contribution in [3.63, 3.8) is 0 Å². The van der Waals surface area contributed by atoms with E-state index in [0.717, 1.165) is 15.2 Å². The Hall–Kier alpha value is -2.33. The monoisotopic (exact) mass is 341 g/mol. The van der Waals surface area contributed by atoms with Crippen LogP contribution in [0.4, 0.5) is 5.69 Å². The molecule has 0 saturated carbocycles. The van der Waals surface area contributed by atoms with Crippen LogP contribution in [0, 0.1) is 0 Å². The molecule has 0 heterocycles. The van der Waals surface area contributed by atoms with Crippen LogP contribution in [0.15, 0.2) is 65.1 Å². The Kier molecular flexibility index (Phi) is 3.62. The van der Waals surface area contributed by atoms with Gasteiger partial charge in [0.05, 0.1) is 5.56 Å². The second-order valence-corrected chi connectivity index (χ2v) is 5.47. The van der Waals surface area contributed by atoms with E-state index in [0.29, 0.717) is 5.69 Å². The summed E-state index contributed by atoms with van der Waals surface area (Å²) in [6.45, 7) is 0. The van der Waals surface area contributed by atoms with Gasteiger partial charge in [0.15, 0.2) is 0 Å². The van der Waals surface area contributed by atoms with Gasteiger partial charge in [-0.3, -0.25) is 4.79 Å². The molecule has 0 radical (unpaired) electrons. The molecule has 3 aromatic rings. The smallest absolute Gasteiger partial charge is 0.259 e. The third-order valence-corrected chi connectivity index (χ3v) is 3.96. The molecule has 104 valence electrons. The second kappa shape index (κ2) is 5.58. The van der Waals surface area contributed by atoms with Crippen LogP contribution >= 0.6 is 15.9 Å². The molecule has 3 rings (SSSR count). The lowest BCUT2D eigenvalue weighted by Gasteiger charge is -2.10. The van der Waals surface area contributed by atoms with Gasteiger partial charge in [0.1, 0.15) is 5.75 Å². The van der Waals surface area contributed by atoms with E-state index in [1.165, 1.54) is 6.07 Å². The Labute approximate surface area is 130 Å². The van der Waals surface area contributed by atoms with Gasteiger partial charge >= 0.3 is 0 Å². The molecule has 0 aromatic heterocycles. The molecule has 0 aliphatic heterocycles. The number of carbonyl (C=O) groups excluding carboxylic acids is 1. The Balaban J connectivity index is 2.01. The van der Waals surface area contributed by atoms with Crippen molar-refractivity contribution in [1.82, 2.24) is 0 Å². The number of rotatable bonds is 2. The number of phenols is 1. The normalized spacial score (nSPS) is 10.5. The number of aromatic hydroxyl groups is 1. The van der Waals surface area contributed by atoms with Crippen LogP contribution in [0.25, 0.3) is 10.8 Å². The SMILES string of the molecule is O=C(Nc1ccc(Br)c2ccccc12)c1ccccc1O. The van der Waals surface area contributed by atoms with Crippen LogP contribution in [-0.4, -0.2) is 11.0 Å². The number of hydrogen-bond donors (Lipinski definition) is 2. The summed E-state index contributed by atoms with van der Waals surface area (Å²) >= 11 is 3.50. The largest absolute Gasteiger partial charge is 0.507 e. The molecule has 0 aliphatic rings. The lowest BCUT2D eigenvalue weighted by Crippen LogP contribution is -2.12. The standard InChI is InChI=1S/C17H12BrNO2/c18-14-9-10-15(12-6-2-1-5-11(12)14)19-17(21)13-7-3-4-8-16(13)20/h1-10,20H,(H,19,21). The van der Waals surface area contributed by atoms with E-state index in [4.69, 9.17) is 0 Å². The highest BCUT2D eigenvalue weighted by Gasteiger charge is 2.12. The molecular weight excluding hydrogens is 330 g/mol. The van der Waals surface area contributed by atoms with Crippen LogP contribution in [0.5, 0.6) is 5.75 Å². The molecule has 2 N–H and O–H groups in total. The van der Waals surface area contributed by atoms with Crippen LogP contribution in [0.3, 0.4) is 0 Å². The molecule has 21 heavy (non-hydrogen) atoms. The van der Waals surface area contributed by atoms with Gasteiger partial charge in [-0.2, -0.15) is 0 Å². The zero-order valence-corrected chi connectivity index (χ0v) is 12.6. The first-order chi connectivity index (χ1) is 10.2. The molecule has 0 aliphatic carbocycles.